The lowest BCUT2D eigenvalue weighted by Crippen LogP contribution is -2.42. The molecular weight excluding hydrogens is 126 g/mol. The molecule has 0 amide bonds. The standard InChI is InChI=1S/C8H13NO/c1-5(2)6-3-8(10)7(6)4-9/h5-8,10H,3H2,1-2H3. The Morgan fingerprint density at radius 1 is 1.60 bits per heavy atom. The van der Waals surface area contributed by atoms with Crippen LogP contribution in [-0.2, 0) is 0 Å². The van der Waals surface area contributed by atoms with Gasteiger partial charge in [-0.3, -0.25) is 0 Å². The molecule has 10 heavy (non-hydrogen) atoms. The Bertz CT molecular complexity index is 159. The second-order valence-electron chi connectivity index (χ2n) is 3.37. The largest absolute Gasteiger partial charge is 0.392 e. The first kappa shape index (κ1) is 7.56. The summed E-state index contributed by atoms with van der Waals surface area (Å²) in [5.74, 6) is 0.869. The van der Waals surface area contributed by atoms with Gasteiger partial charge in [0, 0.05) is 0 Å². The lowest BCUT2D eigenvalue weighted by atomic mass is 9.66. The maximum Gasteiger partial charge on any atom is 0.0754 e. The molecule has 3 unspecified atom stereocenters. The predicted octanol–water partition coefficient (Wildman–Crippen LogP) is 1.16. The van der Waals surface area contributed by atoms with E-state index in [9.17, 15) is 0 Å². The molecule has 0 saturated heterocycles. The van der Waals surface area contributed by atoms with E-state index in [1.807, 2.05) is 0 Å². The van der Waals surface area contributed by atoms with Crippen LogP contribution >= 0.6 is 0 Å². The minimum absolute atomic E-state index is 0.0972. The van der Waals surface area contributed by atoms with E-state index in [0.717, 1.165) is 6.42 Å². The summed E-state index contributed by atoms with van der Waals surface area (Å²) in [6, 6.07) is 2.13. The number of aliphatic hydroxyl groups is 1. The van der Waals surface area contributed by atoms with Crippen molar-refractivity contribution in [2.24, 2.45) is 17.8 Å². The molecule has 3 atom stereocenters. The van der Waals surface area contributed by atoms with Gasteiger partial charge >= 0.3 is 0 Å². The van der Waals surface area contributed by atoms with E-state index in [-0.39, 0.29) is 12.0 Å². The first-order valence-electron chi connectivity index (χ1n) is 3.74. The second kappa shape index (κ2) is 2.59. The van der Waals surface area contributed by atoms with Gasteiger partial charge in [0.1, 0.15) is 0 Å². The highest BCUT2D eigenvalue weighted by Crippen LogP contribution is 2.39. The number of nitriles is 1. The van der Waals surface area contributed by atoms with Gasteiger partial charge in [0.2, 0.25) is 0 Å². The van der Waals surface area contributed by atoms with Gasteiger partial charge in [-0.2, -0.15) is 5.26 Å². The zero-order valence-corrected chi connectivity index (χ0v) is 6.41. The monoisotopic (exact) mass is 139 g/mol. The molecule has 2 nitrogen and oxygen atoms in total. The smallest absolute Gasteiger partial charge is 0.0754 e. The minimum Gasteiger partial charge on any atom is -0.392 e. The topological polar surface area (TPSA) is 44.0 Å². The van der Waals surface area contributed by atoms with Crippen molar-refractivity contribution in [1.29, 1.82) is 5.26 Å². The quantitative estimate of drug-likeness (QED) is 0.592. The van der Waals surface area contributed by atoms with Crippen LogP contribution < -0.4 is 0 Å². The summed E-state index contributed by atoms with van der Waals surface area (Å²) in [4.78, 5) is 0. The number of hydrogen-bond acceptors (Lipinski definition) is 2. The maximum absolute atomic E-state index is 9.10. The van der Waals surface area contributed by atoms with E-state index in [1.165, 1.54) is 0 Å². The third-order valence-corrected chi connectivity index (χ3v) is 2.39. The first-order valence-corrected chi connectivity index (χ1v) is 3.74. The molecule has 0 aromatic carbocycles. The number of aliphatic hydroxyl groups excluding tert-OH is 1. The van der Waals surface area contributed by atoms with Crippen molar-refractivity contribution in [3.8, 4) is 6.07 Å². The normalized spacial score (nSPS) is 38.9. The van der Waals surface area contributed by atoms with Gasteiger partial charge in [-0.15, -0.1) is 0 Å². The third-order valence-electron chi connectivity index (χ3n) is 2.39. The highest BCUT2D eigenvalue weighted by atomic mass is 16.3. The van der Waals surface area contributed by atoms with Gasteiger partial charge in [0.25, 0.3) is 0 Å². The van der Waals surface area contributed by atoms with Gasteiger partial charge < -0.3 is 5.11 Å². The van der Waals surface area contributed by atoms with Gasteiger partial charge in [-0.05, 0) is 18.3 Å². The Morgan fingerprint density at radius 3 is 2.40 bits per heavy atom. The molecule has 0 aromatic heterocycles. The summed E-state index contributed by atoms with van der Waals surface area (Å²) in [6.07, 6.45) is 0.466. The summed E-state index contributed by atoms with van der Waals surface area (Å²) in [6.45, 7) is 4.20. The SMILES string of the molecule is CC(C)C1CC(O)C1C#N. The summed E-state index contributed by atoms with van der Waals surface area (Å²) in [7, 11) is 0. The minimum atomic E-state index is -0.350. The average Bonchev–Trinajstić information content (AvgIpc) is 1.83. The molecule has 1 rings (SSSR count). The summed E-state index contributed by atoms with van der Waals surface area (Å²) in [5.41, 5.74) is 0. The highest BCUT2D eigenvalue weighted by molar-refractivity contribution is 5.02. The van der Waals surface area contributed by atoms with E-state index in [2.05, 4.69) is 19.9 Å². The van der Waals surface area contributed by atoms with E-state index < -0.39 is 0 Å². The van der Waals surface area contributed by atoms with Crippen LogP contribution in [0.25, 0.3) is 0 Å². The van der Waals surface area contributed by atoms with Gasteiger partial charge in [-0.25, -0.2) is 0 Å². The first-order chi connectivity index (χ1) is 4.66. The van der Waals surface area contributed by atoms with Crippen LogP contribution in [0, 0.1) is 29.1 Å². The molecule has 0 bridgehead atoms. The van der Waals surface area contributed by atoms with Crippen LogP contribution in [0.2, 0.25) is 0 Å². The molecule has 0 radical (unpaired) electrons. The third kappa shape index (κ3) is 1.02. The highest BCUT2D eigenvalue weighted by Gasteiger charge is 2.41. The molecule has 0 aromatic rings. The summed E-state index contributed by atoms with van der Waals surface area (Å²) >= 11 is 0. The Balaban J connectivity index is 2.47. The number of rotatable bonds is 1. The van der Waals surface area contributed by atoms with Crippen molar-refractivity contribution < 1.29 is 5.11 Å². The van der Waals surface area contributed by atoms with Crippen LogP contribution in [-0.4, -0.2) is 11.2 Å². The number of nitrogens with zero attached hydrogens (tertiary/aromatic N) is 1. The van der Waals surface area contributed by atoms with Crippen LogP contribution in [0.3, 0.4) is 0 Å². The van der Waals surface area contributed by atoms with E-state index >= 15 is 0 Å². The summed E-state index contributed by atoms with van der Waals surface area (Å²) in [5, 5.41) is 17.7. The second-order valence-corrected chi connectivity index (χ2v) is 3.37. The molecule has 2 heteroatoms. The van der Waals surface area contributed by atoms with Crippen molar-refractivity contribution >= 4 is 0 Å². The Kier molecular flexibility index (Phi) is 1.96. The van der Waals surface area contributed by atoms with Crippen LogP contribution in [0.5, 0.6) is 0 Å². The molecule has 56 valence electrons. The van der Waals surface area contributed by atoms with Crippen molar-refractivity contribution in [2.75, 3.05) is 0 Å². The van der Waals surface area contributed by atoms with Gasteiger partial charge in [-0.1, -0.05) is 13.8 Å². The van der Waals surface area contributed by atoms with E-state index in [0.29, 0.717) is 11.8 Å². The fraction of sp³-hybridized carbons (Fsp3) is 0.875. The molecular formula is C8H13NO. The Morgan fingerprint density at radius 2 is 2.20 bits per heavy atom. The zero-order chi connectivity index (χ0) is 7.72. The molecule has 1 saturated carbocycles. The molecule has 1 fully saturated rings. The van der Waals surface area contributed by atoms with Crippen molar-refractivity contribution in [3.63, 3.8) is 0 Å². The van der Waals surface area contributed by atoms with E-state index in [1.54, 1.807) is 0 Å². The predicted molar refractivity (Wildman–Crippen MR) is 38.1 cm³/mol. The molecule has 0 heterocycles. The maximum atomic E-state index is 9.10. The summed E-state index contributed by atoms with van der Waals surface area (Å²) < 4.78 is 0. The zero-order valence-electron chi connectivity index (χ0n) is 6.41. The van der Waals surface area contributed by atoms with Gasteiger partial charge in [0.15, 0.2) is 0 Å². The van der Waals surface area contributed by atoms with Crippen molar-refractivity contribution in [2.45, 2.75) is 26.4 Å². The lowest BCUT2D eigenvalue weighted by molar-refractivity contribution is -0.0231. The van der Waals surface area contributed by atoms with Crippen molar-refractivity contribution in [1.82, 2.24) is 0 Å². The Labute approximate surface area is 61.5 Å². The van der Waals surface area contributed by atoms with E-state index in [4.69, 9.17) is 10.4 Å². The van der Waals surface area contributed by atoms with Crippen LogP contribution in [0.4, 0.5) is 0 Å². The lowest BCUT2D eigenvalue weighted by Gasteiger charge is -2.39. The van der Waals surface area contributed by atoms with Crippen molar-refractivity contribution in [3.05, 3.63) is 0 Å². The molecule has 1 aliphatic rings. The van der Waals surface area contributed by atoms with Gasteiger partial charge in [0.05, 0.1) is 18.1 Å². The molecule has 1 aliphatic carbocycles. The molecule has 0 spiro atoms. The average molecular weight is 139 g/mol. The Hall–Kier alpha value is -0.550. The molecule has 1 N–H and O–H groups in total. The van der Waals surface area contributed by atoms with Crippen LogP contribution in [0.1, 0.15) is 20.3 Å². The number of hydrogen-bond donors (Lipinski definition) is 1. The fourth-order valence-corrected chi connectivity index (χ4v) is 1.53. The molecule has 0 aliphatic heterocycles. The van der Waals surface area contributed by atoms with Crippen LogP contribution in [0.15, 0.2) is 0 Å². The fourth-order valence-electron chi connectivity index (χ4n) is 1.53.